The Balaban J connectivity index is 1.61. The van der Waals surface area contributed by atoms with Gasteiger partial charge in [-0.1, -0.05) is 32.9 Å². The van der Waals surface area contributed by atoms with E-state index in [1.165, 1.54) is 5.56 Å². The first kappa shape index (κ1) is 21.6. The van der Waals surface area contributed by atoms with Gasteiger partial charge in [0.1, 0.15) is 0 Å². The maximum Gasteiger partial charge on any atom is 0.247 e. The predicted molar refractivity (Wildman–Crippen MR) is 111 cm³/mol. The van der Waals surface area contributed by atoms with Crippen molar-refractivity contribution in [2.45, 2.75) is 51.6 Å². The van der Waals surface area contributed by atoms with Gasteiger partial charge in [-0.3, -0.25) is 14.8 Å². The van der Waals surface area contributed by atoms with E-state index >= 15 is 0 Å². The molecule has 1 aliphatic carbocycles. The lowest BCUT2D eigenvalue weighted by molar-refractivity contribution is -0.149. The minimum atomic E-state index is -0.681. The van der Waals surface area contributed by atoms with Crippen LogP contribution in [0.15, 0.2) is 24.3 Å². The number of carbonyl (C=O) groups is 2. The van der Waals surface area contributed by atoms with E-state index in [2.05, 4.69) is 49.9 Å². The molecule has 2 amide bonds. The van der Waals surface area contributed by atoms with Gasteiger partial charge in [0.05, 0.1) is 12.0 Å². The summed E-state index contributed by atoms with van der Waals surface area (Å²) < 4.78 is 0. The van der Waals surface area contributed by atoms with E-state index in [-0.39, 0.29) is 17.7 Å². The lowest BCUT2D eigenvalue weighted by atomic mass is 9.76. The average molecular weight is 404 g/mol. The summed E-state index contributed by atoms with van der Waals surface area (Å²) in [5, 5.41) is 18.9. The molecular weight excluding hydrogens is 370 g/mol. The van der Waals surface area contributed by atoms with Gasteiger partial charge in [-0.25, -0.2) is 5.48 Å². The molecule has 1 aromatic carbocycles. The number of hydroxylamine groups is 1. The van der Waals surface area contributed by atoms with Crippen LogP contribution in [0.3, 0.4) is 0 Å². The van der Waals surface area contributed by atoms with Crippen LogP contribution in [-0.4, -0.2) is 59.3 Å². The highest BCUT2D eigenvalue weighted by Gasteiger charge is 2.41. The Morgan fingerprint density at radius 1 is 1.00 bits per heavy atom. The number of piperazine rings is 1. The number of nitrogens with zero attached hydrogens (tertiary/aromatic N) is 2. The van der Waals surface area contributed by atoms with Crippen LogP contribution in [0.1, 0.15) is 45.6 Å². The maximum absolute atomic E-state index is 13.1. The molecule has 1 aromatic rings. The number of amides is 2. The summed E-state index contributed by atoms with van der Waals surface area (Å²) >= 11 is 0. The summed E-state index contributed by atoms with van der Waals surface area (Å²) in [6.45, 7) is 9.28. The van der Waals surface area contributed by atoms with Crippen molar-refractivity contribution >= 4 is 17.5 Å². The Bertz CT molecular complexity index is 721. The highest BCUT2D eigenvalue weighted by atomic mass is 16.5. The summed E-state index contributed by atoms with van der Waals surface area (Å²) in [5.74, 6) is -1.80. The van der Waals surface area contributed by atoms with Crippen LogP contribution in [0.2, 0.25) is 0 Å². The lowest BCUT2D eigenvalue weighted by Gasteiger charge is -2.40. The van der Waals surface area contributed by atoms with Gasteiger partial charge in [0.2, 0.25) is 11.8 Å². The molecule has 2 fully saturated rings. The van der Waals surface area contributed by atoms with Gasteiger partial charge in [-0.05, 0) is 42.4 Å². The topological polar surface area (TPSA) is 93.1 Å². The molecule has 0 unspecified atom stereocenters. The molecule has 0 bridgehead atoms. The molecule has 0 aromatic heterocycles. The molecule has 3 rings (SSSR count). The number of nitrogens with one attached hydrogen (secondary N) is 1. The van der Waals surface area contributed by atoms with Crippen molar-refractivity contribution in [1.29, 1.82) is 0 Å². The second kappa shape index (κ2) is 8.71. The van der Waals surface area contributed by atoms with Crippen LogP contribution >= 0.6 is 0 Å². The maximum atomic E-state index is 13.1. The Morgan fingerprint density at radius 3 is 2.17 bits per heavy atom. The first-order valence-corrected chi connectivity index (χ1v) is 10.5. The number of hydrogen-bond acceptors (Lipinski definition) is 5. The zero-order chi connectivity index (χ0) is 21.2. The first-order valence-electron chi connectivity index (χ1n) is 10.5. The highest BCUT2D eigenvalue weighted by molar-refractivity contribution is 5.87. The molecule has 2 aliphatic rings. The zero-order valence-electron chi connectivity index (χ0n) is 17.6. The van der Waals surface area contributed by atoms with Crippen molar-refractivity contribution in [2.75, 3.05) is 31.1 Å². The molecule has 7 heteroatoms. The lowest BCUT2D eigenvalue weighted by Crippen LogP contribution is -2.53. The van der Waals surface area contributed by atoms with Crippen molar-refractivity contribution in [3.63, 3.8) is 0 Å². The fourth-order valence-corrected chi connectivity index (χ4v) is 4.41. The Morgan fingerprint density at radius 2 is 1.62 bits per heavy atom. The molecular formula is C22H33N3O4. The first-order chi connectivity index (χ1) is 13.7. The zero-order valence-corrected chi connectivity index (χ0v) is 17.6. The molecule has 1 saturated heterocycles. The second-order valence-corrected chi connectivity index (χ2v) is 9.27. The summed E-state index contributed by atoms with van der Waals surface area (Å²) in [6.07, 6.45) is 0.579. The number of hydrogen-bond donors (Lipinski definition) is 3. The number of carbonyl (C=O) groups excluding carboxylic acids is 2. The van der Waals surface area contributed by atoms with Gasteiger partial charge in [0.15, 0.2) is 0 Å². The molecule has 1 saturated carbocycles. The van der Waals surface area contributed by atoms with E-state index in [4.69, 9.17) is 5.21 Å². The predicted octanol–water partition coefficient (Wildman–Crippen LogP) is 1.92. The van der Waals surface area contributed by atoms with Crippen LogP contribution in [0.5, 0.6) is 0 Å². The van der Waals surface area contributed by atoms with E-state index in [0.717, 1.165) is 18.8 Å². The third-order valence-electron chi connectivity index (χ3n) is 6.28. The summed E-state index contributed by atoms with van der Waals surface area (Å²) in [5.41, 5.74) is 4.23. The number of benzene rings is 1. The van der Waals surface area contributed by atoms with Crippen molar-refractivity contribution in [3.8, 4) is 0 Å². The van der Waals surface area contributed by atoms with E-state index in [9.17, 15) is 14.7 Å². The van der Waals surface area contributed by atoms with E-state index < -0.39 is 23.8 Å². The quantitative estimate of drug-likeness (QED) is 0.530. The summed E-state index contributed by atoms with van der Waals surface area (Å²) in [6, 6.07) is 8.61. The van der Waals surface area contributed by atoms with Crippen molar-refractivity contribution < 1.29 is 19.9 Å². The smallest absolute Gasteiger partial charge is 0.247 e. The minimum absolute atomic E-state index is 0.0479. The SMILES string of the molecule is CC(C)(C)c1ccc(N2CCN(C(=O)[C@H]3CC[C@H](O)C[C@@H]3C(=O)NO)CC2)cc1. The van der Waals surface area contributed by atoms with Crippen molar-refractivity contribution in [1.82, 2.24) is 10.4 Å². The highest BCUT2D eigenvalue weighted by Crippen LogP contribution is 2.33. The number of anilines is 1. The number of rotatable bonds is 3. The largest absolute Gasteiger partial charge is 0.393 e. The van der Waals surface area contributed by atoms with Gasteiger partial charge in [-0.15, -0.1) is 0 Å². The fourth-order valence-electron chi connectivity index (χ4n) is 4.41. The third-order valence-corrected chi connectivity index (χ3v) is 6.28. The van der Waals surface area contributed by atoms with Crippen molar-refractivity contribution in [2.24, 2.45) is 11.8 Å². The number of aliphatic hydroxyl groups is 1. The minimum Gasteiger partial charge on any atom is -0.393 e. The Labute approximate surface area is 172 Å². The summed E-state index contributed by atoms with van der Waals surface area (Å²) in [7, 11) is 0. The third kappa shape index (κ3) is 4.90. The van der Waals surface area contributed by atoms with Gasteiger partial charge >= 0.3 is 0 Å². The van der Waals surface area contributed by atoms with Crippen LogP contribution < -0.4 is 10.4 Å². The monoisotopic (exact) mass is 403 g/mol. The molecule has 29 heavy (non-hydrogen) atoms. The molecule has 160 valence electrons. The van der Waals surface area contributed by atoms with Gasteiger partial charge in [0, 0.05) is 37.8 Å². The van der Waals surface area contributed by atoms with Crippen molar-refractivity contribution in [3.05, 3.63) is 29.8 Å². The van der Waals surface area contributed by atoms with E-state index in [1.54, 1.807) is 5.48 Å². The molecule has 0 radical (unpaired) electrons. The Kier molecular flexibility index (Phi) is 6.49. The molecule has 7 nitrogen and oxygen atoms in total. The van der Waals surface area contributed by atoms with Crippen LogP contribution in [-0.2, 0) is 15.0 Å². The molecule has 3 N–H and O–H groups in total. The van der Waals surface area contributed by atoms with Gasteiger partial charge < -0.3 is 14.9 Å². The Hall–Kier alpha value is -2.12. The van der Waals surface area contributed by atoms with Crippen LogP contribution in [0.4, 0.5) is 5.69 Å². The van der Waals surface area contributed by atoms with Gasteiger partial charge in [-0.2, -0.15) is 0 Å². The molecule has 3 atom stereocenters. The number of aliphatic hydroxyl groups excluding tert-OH is 1. The summed E-state index contributed by atoms with van der Waals surface area (Å²) in [4.78, 5) is 29.1. The van der Waals surface area contributed by atoms with Crippen LogP contribution in [0, 0.1) is 11.8 Å². The standard InChI is InChI=1S/C22H33N3O4/c1-22(2,3)15-4-6-16(7-5-15)24-10-12-25(13-11-24)21(28)18-9-8-17(26)14-19(18)20(27)23-29/h4-7,17-19,26,29H,8-14H2,1-3H3,(H,23,27)/t17-,18-,19-/m0/s1. The van der Waals surface area contributed by atoms with Gasteiger partial charge in [0.25, 0.3) is 0 Å². The average Bonchev–Trinajstić information content (AvgIpc) is 2.72. The normalized spacial score (nSPS) is 25.6. The van der Waals surface area contributed by atoms with E-state index in [0.29, 0.717) is 25.9 Å². The second-order valence-electron chi connectivity index (χ2n) is 9.27. The fraction of sp³-hybridized carbons (Fsp3) is 0.636. The van der Waals surface area contributed by atoms with Crippen LogP contribution in [0.25, 0.3) is 0 Å². The van der Waals surface area contributed by atoms with E-state index in [1.807, 2.05) is 4.90 Å². The molecule has 1 heterocycles. The molecule has 1 aliphatic heterocycles. The molecule has 0 spiro atoms.